The molecule has 0 amide bonds. The Labute approximate surface area is 84.0 Å². The van der Waals surface area contributed by atoms with E-state index < -0.39 is 0 Å². The molecule has 2 aromatic rings. The summed E-state index contributed by atoms with van der Waals surface area (Å²) in [6.45, 7) is 8.20. The highest BCUT2D eigenvalue weighted by Gasteiger charge is 2.02. The maximum atomic E-state index is 4.47. The van der Waals surface area contributed by atoms with Crippen LogP contribution in [-0.2, 0) is 0 Å². The molecular formula is C12H14N2. The number of pyridine rings is 2. The van der Waals surface area contributed by atoms with Crippen molar-refractivity contribution in [1.29, 1.82) is 0 Å². The summed E-state index contributed by atoms with van der Waals surface area (Å²) in [5, 5.41) is 1.14. The third-order valence-electron chi connectivity index (χ3n) is 2.69. The van der Waals surface area contributed by atoms with E-state index in [4.69, 9.17) is 0 Å². The smallest absolute Gasteiger partial charge is 0.159 e. The number of aromatic nitrogens is 2. The molecule has 14 heavy (non-hydrogen) atoms. The van der Waals surface area contributed by atoms with Gasteiger partial charge in [0.05, 0.1) is 0 Å². The molecule has 0 N–H and O–H groups in total. The maximum Gasteiger partial charge on any atom is 0.159 e. The zero-order valence-corrected chi connectivity index (χ0v) is 9.05. The normalized spacial score (nSPS) is 10.9. The van der Waals surface area contributed by atoms with E-state index in [1.54, 1.807) is 0 Å². The van der Waals surface area contributed by atoms with E-state index in [0.29, 0.717) is 0 Å². The van der Waals surface area contributed by atoms with Crippen molar-refractivity contribution in [2.75, 3.05) is 0 Å². The van der Waals surface area contributed by atoms with E-state index in [1.807, 2.05) is 13.8 Å². The van der Waals surface area contributed by atoms with Crippen molar-refractivity contribution in [3.05, 3.63) is 34.6 Å². The lowest BCUT2D eigenvalue weighted by Crippen LogP contribution is -1.94. The molecule has 0 spiro atoms. The van der Waals surface area contributed by atoms with Gasteiger partial charge in [0.1, 0.15) is 0 Å². The van der Waals surface area contributed by atoms with Crippen molar-refractivity contribution in [2.45, 2.75) is 27.7 Å². The summed E-state index contributed by atoms with van der Waals surface area (Å²) in [6, 6.07) is 4.30. The lowest BCUT2D eigenvalue weighted by Gasteiger charge is -2.05. The van der Waals surface area contributed by atoms with Crippen LogP contribution >= 0.6 is 0 Å². The molecule has 2 nitrogen and oxygen atoms in total. The van der Waals surface area contributed by atoms with Gasteiger partial charge in [0.2, 0.25) is 0 Å². The van der Waals surface area contributed by atoms with Gasteiger partial charge in [-0.3, -0.25) is 0 Å². The summed E-state index contributed by atoms with van der Waals surface area (Å²) < 4.78 is 0. The molecular weight excluding hydrogens is 172 g/mol. The van der Waals surface area contributed by atoms with Crippen LogP contribution in [0.3, 0.4) is 0 Å². The van der Waals surface area contributed by atoms with Crippen molar-refractivity contribution in [3.8, 4) is 0 Å². The second-order valence-electron chi connectivity index (χ2n) is 3.83. The Morgan fingerprint density at radius 1 is 0.786 bits per heavy atom. The molecule has 0 aromatic carbocycles. The largest absolute Gasteiger partial charge is 0.233 e. The van der Waals surface area contributed by atoms with Gasteiger partial charge in [-0.1, -0.05) is 0 Å². The Morgan fingerprint density at radius 2 is 1.21 bits per heavy atom. The summed E-state index contributed by atoms with van der Waals surface area (Å²) in [6.07, 6.45) is 0. The minimum Gasteiger partial charge on any atom is -0.233 e. The van der Waals surface area contributed by atoms with Crippen LogP contribution in [-0.4, -0.2) is 9.97 Å². The fourth-order valence-electron chi connectivity index (χ4n) is 1.49. The SMILES string of the molecule is Cc1cc2cc(C)c(C)nc2nc1C. The molecule has 2 heterocycles. The van der Waals surface area contributed by atoms with Gasteiger partial charge >= 0.3 is 0 Å². The van der Waals surface area contributed by atoms with Gasteiger partial charge in [0, 0.05) is 16.8 Å². The van der Waals surface area contributed by atoms with Gasteiger partial charge in [0.15, 0.2) is 5.65 Å². The topological polar surface area (TPSA) is 25.8 Å². The molecule has 0 aliphatic carbocycles. The summed E-state index contributed by atoms with van der Waals surface area (Å²) >= 11 is 0. The zero-order chi connectivity index (χ0) is 10.3. The molecule has 0 aliphatic rings. The first-order valence-electron chi connectivity index (χ1n) is 4.80. The van der Waals surface area contributed by atoms with Crippen LogP contribution in [0.15, 0.2) is 12.1 Å². The molecule has 0 fully saturated rings. The molecule has 0 bridgehead atoms. The summed E-state index contributed by atoms with van der Waals surface area (Å²) in [7, 11) is 0. The predicted octanol–water partition coefficient (Wildman–Crippen LogP) is 2.86. The summed E-state index contributed by atoms with van der Waals surface area (Å²) in [5.41, 5.74) is 5.43. The fourth-order valence-corrected chi connectivity index (χ4v) is 1.49. The molecule has 0 aliphatic heterocycles. The van der Waals surface area contributed by atoms with E-state index >= 15 is 0 Å². The standard InChI is InChI=1S/C12H14N2/c1-7-5-11-6-8(2)10(4)14-12(11)13-9(7)3/h5-6H,1-4H3. The first-order chi connectivity index (χ1) is 6.58. The lowest BCUT2D eigenvalue weighted by atomic mass is 10.1. The molecule has 2 rings (SSSR count). The number of hydrogen-bond donors (Lipinski definition) is 0. The minimum absolute atomic E-state index is 0.858. The Kier molecular flexibility index (Phi) is 1.99. The maximum absolute atomic E-state index is 4.47. The van der Waals surface area contributed by atoms with E-state index in [2.05, 4.69) is 35.9 Å². The zero-order valence-electron chi connectivity index (χ0n) is 9.05. The van der Waals surface area contributed by atoms with Gasteiger partial charge in [-0.05, 0) is 51.0 Å². The van der Waals surface area contributed by atoms with Crippen LogP contribution in [0, 0.1) is 27.7 Å². The highest BCUT2D eigenvalue weighted by Crippen LogP contribution is 2.17. The predicted molar refractivity (Wildman–Crippen MR) is 58.5 cm³/mol. The first kappa shape index (κ1) is 9.13. The first-order valence-corrected chi connectivity index (χ1v) is 4.80. The molecule has 0 unspecified atom stereocenters. The van der Waals surface area contributed by atoms with Gasteiger partial charge in [0.25, 0.3) is 0 Å². The van der Waals surface area contributed by atoms with Crippen molar-refractivity contribution in [1.82, 2.24) is 9.97 Å². The third-order valence-corrected chi connectivity index (χ3v) is 2.69. The second kappa shape index (κ2) is 3.05. The monoisotopic (exact) mass is 186 g/mol. The second-order valence-corrected chi connectivity index (χ2v) is 3.83. The van der Waals surface area contributed by atoms with Crippen molar-refractivity contribution in [3.63, 3.8) is 0 Å². The molecule has 2 heteroatoms. The van der Waals surface area contributed by atoms with Crippen LogP contribution in [0.2, 0.25) is 0 Å². The lowest BCUT2D eigenvalue weighted by molar-refractivity contribution is 1.12. The van der Waals surface area contributed by atoms with Crippen molar-refractivity contribution >= 4 is 11.0 Å². The van der Waals surface area contributed by atoms with Gasteiger partial charge in [-0.15, -0.1) is 0 Å². The summed E-state index contributed by atoms with van der Waals surface area (Å²) in [4.78, 5) is 8.93. The number of nitrogens with zero attached hydrogens (tertiary/aromatic N) is 2. The number of aryl methyl sites for hydroxylation is 4. The molecule has 0 saturated heterocycles. The highest BCUT2D eigenvalue weighted by molar-refractivity contribution is 5.76. The van der Waals surface area contributed by atoms with E-state index in [1.165, 1.54) is 11.1 Å². The molecule has 2 aromatic heterocycles. The fraction of sp³-hybridized carbons (Fsp3) is 0.333. The Morgan fingerprint density at radius 3 is 1.64 bits per heavy atom. The number of fused-ring (bicyclic) bond motifs is 1. The molecule has 0 atom stereocenters. The third kappa shape index (κ3) is 1.37. The van der Waals surface area contributed by atoms with Crippen LogP contribution in [0.5, 0.6) is 0 Å². The van der Waals surface area contributed by atoms with Crippen LogP contribution in [0.1, 0.15) is 22.5 Å². The van der Waals surface area contributed by atoms with Crippen molar-refractivity contribution in [2.24, 2.45) is 0 Å². The van der Waals surface area contributed by atoms with Crippen LogP contribution < -0.4 is 0 Å². The van der Waals surface area contributed by atoms with Gasteiger partial charge < -0.3 is 0 Å². The quantitative estimate of drug-likeness (QED) is 0.632. The minimum atomic E-state index is 0.858. The van der Waals surface area contributed by atoms with E-state index in [-0.39, 0.29) is 0 Å². The average Bonchev–Trinajstić information content (AvgIpc) is 2.11. The van der Waals surface area contributed by atoms with E-state index in [0.717, 1.165) is 22.4 Å². The van der Waals surface area contributed by atoms with Gasteiger partial charge in [-0.25, -0.2) is 9.97 Å². The van der Waals surface area contributed by atoms with Crippen molar-refractivity contribution < 1.29 is 0 Å². The summed E-state index contributed by atoms with van der Waals surface area (Å²) in [5.74, 6) is 0. The van der Waals surface area contributed by atoms with Gasteiger partial charge in [-0.2, -0.15) is 0 Å². The number of rotatable bonds is 0. The van der Waals surface area contributed by atoms with Crippen LogP contribution in [0.4, 0.5) is 0 Å². The van der Waals surface area contributed by atoms with Crippen LogP contribution in [0.25, 0.3) is 11.0 Å². The molecule has 72 valence electrons. The number of hydrogen-bond acceptors (Lipinski definition) is 2. The molecule has 0 saturated carbocycles. The molecule has 0 radical (unpaired) electrons. The van der Waals surface area contributed by atoms with E-state index in [9.17, 15) is 0 Å². The Balaban J connectivity index is 2.83. The highest BCUT2D eigenvalue weighted by atomic mass is 14.9. The average molecular weight is 186 g/mol. The Hall–Kier alpha value is -1.44. The Bertz CT molecular complexity index is 412.